The van der Waals surface area contributed by atoms with Crippen LogP contribution in [-0.2, 0) is 13.0 Å². The van der Waals surface area contributed by atoms with E-state index in [1.165, 1.54) is 5.56 Å². The summed E-state index contributed by atoms with van der Waals surface area (Å²) in [5.41, 5.74) is 6.67. The molecule has 4 nitrogen and oxygen atoms in total. The normalized spacial score (nSPS) is 10.6. The van der Waals surface area contributed by atoms with Crippen molar-refractivity contribution < 1.29 is 0 Å². The highest BCUT2D eigenvalue weighted by atomic mass is 35.5. The number of benzene rings is 1. The van der Waals surface area contributed by atoms with Crippen LogP contribution in [0.1, 0.15) is 11.4 Å². The molecule has 1 aromatic carbocycles. The van der Waals surface area contributed by atoms with Gasteiger partial charge in [0.1, 0.15) is 12.2 Å². The first-order chi connectivity index (χ1) is 7.79. The fourth-order valence-corrected chi connectivity index (χ4v) is 1.65. The van der Waals surface area contributed by atoms with Gasteiger partial charge >= 0.3 is 0 Å². The van der Waals surface area contributed by atoms with E-state index >= 15 is 0 Å². The van der Waals surface area contributed by atoms with E-state index in [-0.39, 0.29) is 0 Å². The van der Waals surface area contributed by atoms with E-state index in [2.05, 4.69) is 10.2 Å². The van der Waals surface area contributed by atoms with E-state index in [0.29, 0.717) is 6.54 Å². The lowest BCUT2D eigenvalue weighted by Gasteiger charge is -2.05. The predicted octanol–water partition coefficient (Wildman–Crippen LogP) is 1.48. The molecule has 0 aliphatic heterocycles. The van der Waals surface area contributed by atoms with E-state index in [0.717, 1.165) is 23.8 Å². The van der Waals surface area contributed by atoms with Gasteiger partial charge in [-0.15, -0.1) is 10.2 Å². The molecule has 0 atom stereocenters. The Hall–Kier alpha value is -1.39. The van der Waals surface area contributed by atoms with Crippen molar-refractivity contribution in [1.82, 2.24) is 14.8 Å². The highest BCUT2D eigenvalue weighted by molar-refractivity contribution is 6.30. The summed E-state index contributed by atoms with van der Waals surface area (Å²) in [6, 6.07) is 7.75. The topological polar surface area (TPSA) is 56.7 Å². The van der Waals surface area contributed by atoms with Crippen LogP contribution >= 0.6 is 11.6 Å². The number of aromatic nitrogens is 3. The molecule has 5 heteroatoms. The van der Waals surface area contributed by atoms with Crippen molar-refractivity contribution in [2.24, 2.45) is 5.73 Å². The summed E-state index contributed by atoms with van der Waals surface area (Å²) in [5.74, 6) is 0.914. The first kappa shape index (κ1) is 11.1. The van der Waals surface area contributed by atoms with Gasteiger partial charge in [0.25, 0.3) is 0 Å². The van der Waals surface area contributed by atoms with Crippen molar-refractivity contribution in [3.05, 3.63) is 47.0 Å². The van der Waals surface area contributed by atoms with Crippen LogP contribution in [0.5, 0.6) is 0 Å². The molecule has 2 aromatic rings. The molecule has 0 fully saturated rings. The summed E-state index contributed by atoms with van der Waals surface area (Å²) in [6.45, 7) is 1.33. The van der Waals surface area contributed by atoms with Crippen molar-refractivity contribution in [2.45, 2.75) is 13.0 Å². The van der Waals surface area contributed by atoms with Crippen LogP contribution in [0.15, 0.2) is 30.6 Å². The number of hydrogen-bond acceptors (Lipinski definition) is 3. The van der Waals surface area contributed by atoms with Gasteiger partial charge in [0.15, 0.2) is 0 Å². The standard InChI is InChI=1S/C11H13ClN4/c12-10-3-1-9(2-4-10)7-16-8-14-15-11(16)5-6-13/h1-4,8H,5-7,13H2. The van der Waals surface area contributed by atoms with E-state index in [4.69, 9.17) is 17.3 Å². The number of nitrogens with zero attached hydrogens (tertiary/aromatic N) is 3. The average molecular weight is 237 g/mol. The fraction of sp³-hybridized carbons (Fsp3) is 0.273. The molecule has 0 aliphatic carbocycles. The molecule has 0 bridgehead atoms. The molecule has 0 saturated heterocycles. The highest BCUT2D eigenvalue weighted by Gasteiger charge is 2.03. The van der Waals surface area contributed by atoms with Crippen LogP contribution in [0.2, 0.25) is 5.02 Å². The van der Waals surface area contributed by atoms with E-state index in [1.807, 2.05) is 28.8 Å². The highest BCUT2D eigenvalue weighted by Crippen LogP contribution is 2.11. The minimum atomic E-state index is 0.583. The first-order valence-electron chi connectivity index (χ1n) is 5.11. The monoisotopic (exact) mass is 236 g/mol. The molecule has 0 saturated carbocycles. The van der Waals surface area contributed by atoms with Crippen LogP contribution in [-0.4, -0.2) is 21.3 Å². The smallest absolute Gasteiger partial charge is 0.134 e. The lowest BCUT2D eigenvalue weighted by atomic mass is 10.2. The van der Waals surface area contributed by atoms with Crippen LogP contribution < -0.4 is 5.73 Å². The molecule has 1 aromatic heterocycles. The number of rotatable bonds is 4. The van der Waals surface area contributed by atoms with Gasteiger partial charge in [-0.25, -0.2) is 0 Å². The molecule has 0 amide bonds. The lowest BCUT2D eigenvalue weighted by molar-refractivity contribution is 0.716. The van der Waals surface area contributed by atoms with Crippen LogP contribution in [0, 0.1) is 0 Å². The molecule has 0 radical (unpaired) electrons. The third kappa shape index (κ3) is 2.59. The molecule has 0 unspecified atom stereocenters. The van der Waals surface area contributed by atoms with Gasteiger partial charge in [0, 0.05) is 11.4 Å². The van der Waals surface area contributed by atoms with Gasteiger partial charge < -0.3 is 10.3 Å². The third-order valence-corrected chi connectivity index (χ3v) is 2.58. The minimum Gasteiger partial charge on any atom is -0.330 e. The molecule has 84 valence electrons. The summed E-state index contributed by atoms with van der Waals surface area (Å²) in [4.78, 5) is 0. The van der Waals surface area contributed by atoms with Crippen molar-refractivity contribution >= 4 is 11.6 Å². The zero-order valence-corrected chi connectivity index (χ0v) is 9.56. The SMILES string of the molecule is NCCc1nncn1Cc1ccc(Cl)cc1. The summed E-state index contributed by atoms with van der Waals surface area (Å²) >= 11 is 5.83. The van der Waals surface area contributed by atoms with Crippen LogP contribution in [0.3, 0.4) is 0 Å². The number of hydrogen-bond donors (Lipinski definition) is 1. The van der Waals surface area contributed by atoms with Crippen molar-refractivity contribution in [3.63, 3.8) is 0 Å². The summed E-state index contributed by atoms with van der Waals surface area (Å²) < 4.78 is 2.00. The zero-order chi connectivity index (χ0) is 11.4. The second kappa shape index (κ2) is 5.09. The second-order valence-electron chi connectivity index (χ2n) is 3.54. The molecule has 2 N–H and O–H groups in total. The Morgan fingerprint density at radius 2 is 2.00 bits per heavy atom. The number of nitrogens with two attached hydrogens (primary N) is 1. The quantitative estimate of drug-likeness (QED) is 0.875. The Morgan fingerprint density at radius 1 is 1.25 bits per heavy atom. The van der Waals surface area contributed by atoms with Crippen molar-refractivity contribution in [3.8, 4) is 0 Å². The predicted molar refractivity (Wildman–Crippen MR) is 63.3 cm³/mol. The fourth-order valence-electron chi connectivity index (χ4n) is 1.52. The maximum Gasteiger partial charge on any atom is 0.134 e. The maximum absolute atomic E-state index is 5.83. The second-order valence-corrected chi connectivity index (χ2v) is 3.98. The third-order valence-electron chi connectivity index (χ3n) is 2.33. The Morgan fingerprint density at radius 3 is 2.69 bits per heavy atom. The molecular weight excluding hydrogens is 224 g/mol. The molecule has 1 heterocycles. The van der Waals surface area contributed by atoms with E-state index in [9.17, 15) is 0 Å². The zero-order valence-electron chi connectivity index (χ0n) is 8.81. The lowest BCUT2D eigenvalue weighted by Crippen LogP contribution is -2.10. The van der Waals surface area contributed by atoms with E-state index in [1.54, 1.807) is 6.33 Å². The van der Waals surface area contributed by atoms with Gasteiger partial charge in [-0.1, -0.05) is 23.7 Å². The molecule has 2 rings (SSSR count). The van der Waals surface area contributed by atoms with Gasteiger partial charge in [0.05, 0.1) is 6.54 Å². The summed E-state index contributed by atoms with van der Waals surface area (Å²) in [5, 5.41) is 8.66. The molecular formula is C11H13ClN4. The summed E-state index contributed by atoms with van der Waals surface area (Å²) in [6.07, 6.45) is 2.47. The average Bonchev–Trinajstić information content (AvgIpc) is 2.70. The van der Waals surface area contributed by atoms with E-state index < -0.39 is 0 Å². The Bertz CT molecular complexity index is 449. The van der Waals surface area contributed by atoms with Crippen LogP contribution in [0.25, 0.3) is 0 Å². The summed E-state index contributed by atoms with van der Waals surface area (Å²) in [7, 11) is 0. The first-order valence-corrected chi connectivity index (χ1v) is 5.48. The molecule has 16 heavy (non-hydrogen) atoms. The van der Waals surface area contributed by atoms with Gasteiger partial charge in [-0.05, 0) is 24.2 Å². The Kier molecular flexibility index (Phi) is 3.54. The molecule has 0 spiro atoms. The van der Waals surface area contributed by atoms with Gasteiger partial charge in [-0.3, -0.25) is 0 Å². The number of halogens is 1. The van der Waals surface area contributed by atoms with Gasteiger partial charge in [0.2, 0.25) is 0 Å². The van der Waals surface area contributed by atoms with Gasteiger partial charge in [-0.2, -0.15) is 0 Å². The van der Waals surface area contributed by atoms with Crippen molar-refractivity contribution in [1.29, 1.82) is 0 Å². The van der Waals surface area contributed by atoms with Crippen molar-refractivity contribution in [2.75, 3.05) is 6.54 Å². The maximum atomic E-state index is 5.83. The largest absolute Gasteiger partial charge is 0.330 e. The Labute approximate surface area is 99.1 Å². The molecule has 0 aliphatic rings. The minimum absolute atomic E-state index is 0.583. The Balaban J connectivity index is 2.13. The van der Waals surface area contributed by atoms with Crippen LogP contribution in [0.4, 0.5) is 0 Å².